The van der Waals surface area contributed by atoms with Gasteiger partial charge in [-0.15, -0.1) is 0 Å². The molecule has 0 aliphatic carbocycles. The molecule has 0 aliphatic heterocycles. The second-order valence-corrected chi connectivity index (χ2v) is 7.25. The molecule has 0 bridgehead atoms. The lowest BCUT2D eigenvalue weighted by molar-refractivity contribution is 0.844. The van der Waals surface area contributed by atoms with Crippen LogP contribution in [-0.4, -0.2) is 14.1 Å². The molecule has 0 saturated heterocycles. The third-order valence-corrected chi connectivity index (χ3v) is 6.68. The van der Waals surface area contributed by atoms with Crippen molar-refractivity contribution in [3.8, 4) is 0 Å². The summed E-state index contributed by atoms with van der Waals surface area (Å²) in [6, 6.07) is 0. The van der Waals surface area contributed by atoms with Crippen molar-refractivity contribution in [2.24, 2.45) is 0 Å². The van der Waals surface area contributed by atoms with Crippen molar-refractivity contribution in [3.05, 3.63) is 0 Å². The minimum atomic E-state index is -0.286. The third-order valence-electron chi connectivity index (χ3n) is 2.50. The van der Waals surface area contributed by atoms with E-state index in [2.05, 4.69) is 27.7 Å². The largest absolute Gasteiger partial charge is 0.264 e. The smallest absolute Gasteiger partial charge is 0.0966 e. The van der Waals surface area contributed by atoms with Crippen LogP contribution < -0.4 is 0 Å². The lowest BCUT2D eigenvalue weighted by Crippen LogP contribution is -2.14. The highest BCUT2D eigenvalue weighted by Crippen LogP contribution is 2.19. The van der Waals surface area contributed by atoms with E-state index >= 15 is 0 Å². The molecule has 54 valence electrons. The molecule has 9 heavy (non-hydrogen) atoms. The quantitative estimate of drug-likeness (QED) is 0.528. The number of hydrogen-bond donors (Lipinski definition) is 0. The van der Waals surface area contributed by atoms with E-state index in [0.29, 0.717) is 0 Å². The first-order valence-electron chi connectivity index (χ1n) is 4.26. The van der Waals surface area contributed by atoms with Crippen LogP contribution in [-0.2, 0) is 0 Å². The molecule has 0 rings (SSSR count). The normalized spacial score (nSPS) is 13.3. The molecular formula is C8H19Al. The highest BCUT2D eigenvalue weighted by Gasteiger charge is 2.17. The lowest BCUT2D eigenvalue weighted by Gasteiger charge is -2.12. The predicted octanol–water partition coefficient (Wildman–Crippen LogP) is 3.32. The fourth-order valence-corrected chi connectivity index (χ4v) is 4.28. The van der Waals surface area contributed by atoms with Gasteiger partial charge in [0.2, 0.25) is 0 Å². The van der Waals surface area contributed by atoms with Gasteiger partial charge in [-0.05, 0) is 0 Å². The SMILES string of the molecule is CC[CH](C)[Al]([CH2]C)[CH2]C. The van der Waals surface area contributed by atoms with Crippen LogP contribution >= 0.6 is 0 Å². The average Bonchev–Trinajstić information content (AvgIpc) is 1.90. The predicted molar refractivity (Wildman–Crippen MR) is 46.4 cm³/mol. The van der Waals surface area contributed by atoms with Gasteiger partial charge in [-0.1, -0.05) is 49.5 Å². The molecule has 0 saturated carbocycles. The first-order valence-corrected chi connectivity index (χ1v) is 6.56. The Morgan fingerprint density at radius 1 is 1.11 bits per heavy atom. The molecule has 0 heterocycles. The van der Waals surface area contributed by atoms with Crippen LogP contribution in [0.25, 0.3) is 0 Å². The Morgan fingerprint density at radius 3 is 1.67 bits per heavy atom. The van der Waals surface area contributed by atoms with Crippen molar-refractivity contribution in [2.75, 3.05) is 0 Å². The molecule has 0 spiro atoms. The van der Waals surface area contributed by atoms with Crippen LogP contribution in [0.2, 0.25) is 15.3 Å². The number of rotatable bonds is 4. The standard InChI is InChI=1S/C4H9.2C2H5.Al/c1-3-4-2;2*1-2;/h3H,4H2,1-2H3;2*1H2,2H3;. The molecule has 0 nitrogen and oxygen atoms in total. The first kappa shape index (κ1) is 9.53. The zero-order valence-electron chi connectivity index (χ0n) is 7.28. The Kier molecular flexibility index (Phi) is 5.64. The topological polar surface area (TPSA) is 0 Å². The van der Waals surface area contributed by atoms with Crippen molar-refractivity contribution >= 4 is 14.1 Å². The molecule has 0 aromatic rings. The van der Waals surface area contributed by atoms with E-state index in [1.807, 2.05) is 0 Å². The summed E-state index contributed by atoms with van der Waals surface area (Å²) < 4.78 is 1.07. The summed E-state index contributed by atoms with van der Waals surface area (Å²) in [5.41, 5.74) is 0. The minimum absolute atomic E-state index is 0.286. The van der Waals surface area contributed by atoms with E-state index in [4.69, 9.17) is 0 Å². The summed E-state index contributed by atoms with van der Waals surface area (Å²) in [7, 11) is 0. The van der Waals surface area contributed by atoms with E-state index in [-0.39, 0.29) is 14.1 Å². The van der Waals surface area contributed by atoms with Gasteiger partial charge in [0.05, 0.1) is 0 Å². The first-order chi connectivity index (χ1) is 4.26. The Morgan fingerprint density at radius 2 is 1.56 bits per heavy atom. The molecule has 0 aromatic carbocycles. The lowest BCUT2D eigenvalue weighted by atomic mass is 10.4. The second-order valence-electron chi connectivity index (χ2n) is 2.96. The Hall–Kier alpha value is 0.532. The maximum Gasteiger partial charge on any atom is 0.264 e. The Labute approximate surface area is 64.0 Å². The monoisotopic (exact) mass is 142 g/mol. The highest BCUT2D eigenvalue weighted by atomic mass is 27.2. The summed E-state index contributed by atoms with van der Waals surface area (Å²) in [6.07, 6.45) is 1.40. The maximum atomic E-state index is 2.42. The van der Waals surface area contributed by atoms with E-state index in [1.165, 1.54) is 17.0 Å². The summed E-state index contributed by atoms with van der Waals surface area (Å²) >= 11 is -0.286. The molecule has 0 aliphatic rings. The van der Waals surface area contributed by atoms with Crippen LogP contribution in [0.4, 0.5) is 0 Å². The van der Waals surface area contributed by atoms with Gasteiger partial charge in [0.1, 0.15) is 0 Å². The molecule has 0 aromatic heterocycles. The summed E-state index contributed by atoms with van der Waals surface area (Å²) in [4.78, 5) is 0. The molecule has 0 fully saturated rings. The number of hydrogen-bond acceptors (Lipinski definition) is 0. The Balaban J connectivity index is 3.50. The van der Waals surface area contributed by atoms with Gasteiger partial charge >= 0.3 is 0 Å². The van der Waals surface area contributed by atoms with Crippen LogP contribution in [0.5, 0.6) is 0 Å². The summed E-state index contributed by atoms with van der Waals surface area (Å²) in [5.74, 6) is 0. The van der Waals surface area contributed by atoms with Gasteiger partial charge in [-0.2, -0.15) is 0 Å². The van der Waals surface area contributed by atoms with E-state index in [1.54, 1.807) is 0 Å². The van der Waals surface area contributed by atoms with Crippen molar-refractivity contribution in [3.63, 3.8) is 0 Å². The van der Waals surface area contributed by atoms with Gasteiger partial charge in [0.15, 0.2) is 0 Å². The second kappa shape index (κ2) is 5.33. The highest BCUT2D eigenvalue weighted by molar-refractivity contribution is 6.60. The fraction of sp³-hybridized carbons (Fsp3) is 1.00. The summed E-state index contributed by atoms with van der Waals surface area (Å²) in [5, 5.41) is 2.98. The molecular weight excluding hydrogens is 123 g/mol. The van der Waals surface area contributed by atoms with Gasteiger partial charge in [0, 0.05) is 0 Å². The molecule has 0 N–H and O–H groups in total. The molecule has 1 atom stereocenters. The van der Waals surface area contributed by atoms with Crippen LogP contribution in [0, 0.1) is 0 Å². The molecule has 0 amide bonds. The van der Waals surface area contributed by atoms with Gasteiger partial charge < -0.3 is 0 Å². The molecule has 0 radical (unpaired) electrons. The summed E-state index contributed by atoms with van der Waals surface area (Å²) in [6.45, 7) is 9.44. The molecule has 1 unspecified atom stereocenters. The van der Waals surface area contributed by atoms with Crippen LogP contribution in [0.3, 0.4) is 0 Å². The molecule has 1 heteroatoms. The fourth-order valence-electron chi connectivity index (χ4n) is 1.43. The van der Waals surface area contributed by atoms with Crippen LogP contribution in [0.15, 0.2) is 0 Å². The van der Waals surface area contributed by atoms with Gasteiger partial charge in [0.25, 0.3) is 14.1 Å². The average molecular weight is 142 g/mol. The van der Waals surface area contributed by atoms with Gasteiger partial charge in [-0.3, -0.25) is 0 Å². The zero-order valence-corrected chi connectivity index (χ0v) is 8.43. The Bertz CT molecular complexity index is 57.6. The van der Waals surface area contributed by atoms with E-state index in [0.717, 1.165) is 4.78 Å². The van der Waals surface area contributed by atoms with Crippen molar-refractivity contribution < 1.29 is 0 Å². The van der Waals surface area contributed by atoms with E-state index in [9.17, 15) is 0 Å². The van der Waals surface area contributed by atoms with E-state index < -0.39 is 0 Å². The van der Waals surface area contributed by atoms with Crippen molar-refractivity contribution in [1.29, 1.82) is 0 Å². The maximum absolute atomic E-state index is 2.42. The zero-order chi connectivity index (χ0) is 7.28. The van der Waals surface area contributed by atoms with Crippen molar-refractivity contribution in [2.45, 2.75) is 49.5 Å². The van der Waals surface area contributed by atoms with Crippen molar-refractivity contribution in [1.82, 2.24) is 0 Å². The van der Waals surface area contributed by atoms with Crippen LogP contribution in [0.1, 0.15) is 34.1 Å². The third kappa shape index (κ3) is 3.28. The minimum Gasteiger partial charge on any atom is -0.0966 e. The van der Waals surface area contributed by atoms with Gasteiger partial charge in [-0.25, -0.2) is 0 Å².